The molecule has 6 heteroatoms. The number of urea groups is 1. The zero-order valence-corrected chi connectivity index (χ0v) is 13.8. The third-order valence-electron chi connectivity index (χ3n) is 3.57. The average molecular weight is 322 g/mol. The summed E-state index contributed by atoms with van der Waals surface area (Å²) in [5.74, 6) is 0. The van der Waals surface area contributed by atoms with Gasteiger partial charge in [-0.1, -0.05) is 23.7 Å². The van der Waals surface area contributed by atoms with Crippen LogP contribution >= 0.6 is 11.6 Å². The Morgan fingerprint density at radius 3 is 2.59 bits per heavy atom. The molecule has 1 saturated heterocycles. The molecule has 1 heterocycles. The van der Waals surface area contributed by atoms with Gasteiger partial charge in [0, 0.05) is 23.8 Å². The lowest BCUT2D eigenvalue weighted by molar-refractivity contribution is 0.125. The molecular formula is C16H20ClN3O2. The first-order valence-electron chi connectivity index (χ1n) is 6.92. The fourth-order valence-corrected chi connectivity index (χ4v) is 2.34. The molecule has 1 fully saturated rings. The Bertz CT molecular complexity index is 596. The van der Waals surface area contributed by atoms with Gasteiger partial charge in [-0.2, -0.15) is 0 Å². The number of hydrogen-bond donors (Lipinski definition) is 0. The van der Waals surface area contributed by atoms with E-state index in [1.807, 2.05) is 26.0 Å². The summed E-state index contributed by atoms with van der Waals surface area (Å²) in [5.41, 5.74) is 1.13. The lowest BCUT2D eigenvalue weighted by Gasteiger charge is -2.31. The van der Waals surface area contributed by atoms with Gasteiger partial charge in [0.1, 0.15) is 6.73 Å². The molecule has 0 N–H and O–H groups in total. The molecule has 2 rings (SSSR count). The topological polar surface area (TPSA) is 45.1 Å². The number of rotatable bonds is 3. The van der Waals surface area contributed by atoms with Gasteiger partial charge in [0.15, 0.2) is 0 Å². The minimum absolute atomic E-state index is 0.141. The van der Waals surface area contributed by atoms with E-state index in [1.165, 1.54) is 4.90 Å². The van der Waals surface area contributed by atoms with Gasteiger partial charge in [-0.25, -0.2) is 4.79 Å². The molecule has 1 aliphatic heterocycles. The molecule has 0 bridgehead atoms. The highest BCUT2D eigenvalue weighted by Crippen LogP contribution is 2.24. The van der Waals surface area contributed by atoms with E-state index in [0.29, 0.717) is 24.1 Å². The predicted molar refractivity (Wildman–Crippen MR) is 88.9 cm³/mol. The second kappa shape index (κ2) is 6.50. The van der Waals surface area contributed by atoms with Crippen LogP contribution in [0.4, 0.5) is 4.79 Å². The smallest absolute Gasteiger partial charge is 0.326 e. The van der Waals surface area contributed by atoms with E-state index < -0.39 is 0 Å². The molecule has 0 aliphatic carbocycles. The lowest BCUT2D eigenvalue weighted by Crippen LogP contribution is -2.48. The molecule has 118 valence electrons. The number of nitrogens with zero attached hydrogens (tertiary/aromatic N) is 3. The molecule has 0 aromatic heterocycles. The van der Waals surface area contributed by atoms with E-state index >= 15 is 0 Å². The number of ether oxygens (including phenoxy) is 1. The third-order valence-corrected chi connectivity index (χ3v) is 3.82. The van der Waals surface area contributed by atoms with Gasteiger partial charge >= 0.3 is 6.03 Å². The van der Waals surface area contributed by atoms with Crippen molar-refractivity contribution in [3.63, 3.8) is 0 Å². The lowest BCUT2D eigenvalue weighted by atomic mass is 10.1. The monoisotopic (exact) mass is 321 g/mol. The molecule has 1 aromatic carbocycles. The average Bonchev–Trinajstić information content (AvgIpc) is 2.84. The van der Waals surface area contributed by atoms with Crippen molar-refractivity contribution in [2.75, 3.05) is 20.4 Å². The molecule has 0 atom stereocenters. The van der Waals surface area contributed by atoms with Crippen LogP contribution in [0.15, 0.2) is 35.5 Å². The second-order valence-corrected chi connectivity index (χ2v) is 6.23. The fourth-order valence-electron chi connectivity index (χ4n) is 2.21. The SMILES string of the molecule is C=NC(=CN(C)C(=O)N1COCC1(C)C)c1ccc(Cl)cc1. The van der Waals surface area contributed by atoms with Crippen molar-refractivity contribution in [2.24, 2.45) is 4.99 Å². The first kappa shape index (κ1) is 16.5. The number of benzene rings is 1. The van der Waals surface area contributed by atoms with E-state index in [9.17, 15) is 4.79 Å². The molecule has 0 saturated carbocycles. The standard InChI is InChI=1S/C16H20ClN3O2/c1-16(2)10-22-11-20(16)15(21)19(4)9-14(18-3)12-5-7-13(17)8-6-12/h5-9H,3,10-11H2,1-2,4H3. The molecule has 1 aromatic rings. The number of halogens is 1. The van der Waals surface area contributed by atoms with Crippen molar-refractivity contribution in [3.8, 4) is 0 Å². The maximum absolute atomic E-state index is 12.5. The van der Waals surface area contributed by atoms with Gasteiger partial charge in [-0.05, 0) is 32.7 Å². The Balaban J connectivity index is 2.20. The summed E-state index contributed by atoms with van der Waals surface area (Å²) >= 11 is 5.88. The summed E-state index contributed by atoms with van der Waals surface area (Å²) in [4.78, 5) is 19.7. The maximum atomic E-state index is 12.5. The van der Waals surface area contributed by atoms with Crippen LogP contribution in [0.25, 0.3) is 5.70 Å². The van der Waals surface area contributed by atoms with E-state index in [2.05, 4.69) is 11.7 Å². The van der Waals surface area contributed by atoms with E-state index in [0.717, 1.165) is 5.56 Å². The molecule has 1 aliphatic rings. The molecule has 0 unspecified atom stereocenters. The van der Waals surface area contributed by atoms with Crippen molar-refractivity contribution >= 4 is 30.0 Å². The number of hydrogen-bond acceptors (Lipinski definition) is 3. The Morgan fingerprint density at radius 2 is 2.09 bits per heavy atom. The van der Waals surface area contributed by atoms with Crippen LogP contribution in [0.2, 0.25) is 5.02 Å². The van der Waals surface area contributed by atoms with Crippen molar-refractivity contribution in [3.05, 3.63) is 41.1 Å². The Labute approximate surface area is 135 Å². The summed E-state index contributed by atoms with van der Waals surface area (Å²) < 4.78 is 5.38. The van der Waals surface area contributed by atoms with Crippen LogP contribution in [0.3, 0.4) is 0 Å². The van der Waals surface area contributed by atoms with Crippen molar-refractivity contribution in [1.29, 1.82) is 0 Å². The molecule has 0 radical (unpaired) electrons. The zero-order chi connectivity index (χ0) is 16.3. The van der Waals surface area contributed by atoms with Gasteiger partial charge in [0.2, 0.25) is 0 Å². The van der Waals surface area contributed by atoms with Crippen LogP contribution in [-0.2, 0) is 4.74 Å². The van der Waals surface area contributed by atoms with Crippen molar-refractivity contribution < 1.29 is 9.53 Å². The normalized spacial score (nSPS) is 17.5. The van der Waals surface area contributed by atoms with E-state index in [1.54, 1.807) is 30.3 Å². The minimum atomic E-state index is -0.318. The Kier molecular flexibility index (Phi) is 4.88. The first-order chi connectivity index (χ1) is 10.3. The molecule has 2 amide bonds. The number of aliphatic imine (C=N–C) groups is 1. The summed E-state index contributed by atoms with van der Waals surface area (Å²) in [7, 11) is 1.69. The quantitative estimate of drug-likeness (QED) is 0.800. The largest absolute Gasteiger partial charge is 0.359 e. The highest BCUT2D eigenvalue weighted by atomic mass is 35.5. The first-order valence-corrected chi connectivity index (χ1v) is 7.29. The van der Waals surface area contributed by atoms with Crippen LogP contribution in [0.5, 0.6) is 0 Å². The highest BCUT2D eigenvalue weighted by Gasteiger charge is 2.37. The summed E-state index contributed by atoms with van der Waals surface area (Å²) in [6.07, 6.45) is 1.66. The summed E-state index contributed by atoms with van der Waals surface area (Å²) in [6.45, 7) is 8.34. The Hall–Kier alpha value is -1.85. The van der Waals surface area contributed by atoms with Crippen LogP contribution in [-0.4, -0.2) is 48.5 Å². The Morgan fingerprint density at radius 1 is 1.45 bits per heavy atom. The molecule has 0 spiro atoms. The zero-order valence-electron chi connectivity index (χ0n) is 13.0. The number of carbonyl (C=O) groups excluding carboxylic acids is 1. The number of carbonyl (C=O) groups is 1. The van der Waals surface area contributed by atoms with Crippen LogP contribution in [0.1, 0.15) is 19.4 Å². The van der Waals surface area contributed by atoms with Gasteiger partial charge in [0.05, 0.1) is 17.8 Å². The van der Waals surface area contributed by atoms with Crippen molar-refractivity contribution in [1.82, 2.24) is 9.80 Å². The van der Waals surface area contributed by atoms with Crippen LogP contribution < -0.4 is 0 Å². The van der Waals surface area contributed by atoms with Crippen LogP contribution in [0, 0.1) is 0 Å². The molecule has 5 nitrogen and oxygen atoms in total. The van der Waals surface area contributed by atoms with Gasteiger partial charge in [-0.3, -0.25) is 9.89 Å². The maximum Gasteiger partial charge on any atom is 0.326 e. The summed E-state index contributed by atoms with van der Waals surface area (Å²) in [5, 5.41) is 0.646. The van der Waals surface area contributed by atoms with Gasteiger partial charge in [-0.15, -0.1) is 0 Å². The molecular weight excluding hydrogens is 302 g/mol. The highest BCUT2D eigenvalue weighted by molar-refractivity contribution is 6.30. The third kappa shape index (κ3) is 3.48. The minimum Gasteiger partial charge on any atom is -0.359 e. The van der Waals surface area contributed by atoms with E-state index in [4.69, 9.17) is 16.3 Å². The second-order valence-electron chi connectivity index (χ2n) is 5.79. The van der Waals surface area contributed by atoms with Crippen molar-refractivity contribution in [2.45, 2.75) is 19.4 Å². The van der Waals surface area contributed by atoms with Gasteiger partial charge in [0.25, 0.3) is 0 Å². The molecule has 22 heavy (non-hydrogen) atoms. The summed E-state index contributed by atoms with van der Waals surface area (Å²) in [6, 6.07) is 7.08. The fraction of sp³-hybridized carbons (Fsp3) is 0.375. The number of amides is 2. The van der Waals surface area contributed by atoms with Gasteiger partial charge < -0.3 is 9.64 Å². The van der Waals surface area contributed by atoms with E-state index in [-0.39, 0.29) is 11.6 Å². The predicted octanol–water partition coefficient (Wildman–Crippen LogP) is 3.46.